The summed E-state index contributed by atoms with van der Waals surface area (Å²) in [6, 6.07) is 9.31. The maximum atomic E-state index is 12.2. The molecular weight excluding hydrogens is 304 g/mol. The van der Waals surface area contributed by atoms with E-state index < -0.39 is 6.09 Å². The molecule has 0 saturated carbocycles. The number of carbonyl (C=O) groups excluding carboxylic acids is 1. The third kappa shape index (κ3) is 4.11. The Morgan fingerprint density at radius 1 is 1.17 bits per heavy atom. The van der Waals surface area contributed by atoms with Crippen molar-refractivity contribution >= 4 is 11.8 Å². The molecule has 1 aromatic carbocycles. The van der Waals surface area contributed by atoms with E-state index in [1.165, 1.54) is 0 Å². The molecule has 0 unspecified atom stereocenters. The van der Waals surface area contributed by atoms with E-state index in [2.05, 4.69) is 10.3 Å². The van der Waals surface area contributed by atoms with Crippen LogP contribution in [0.2, 0.25) is 0 Å². The van der Waals surface area contributed by atoms with Gasteiger partial charge in [0, 0.05) is 25.3 Å². The van der Waals surface area contributed by atoms with Crippen molar-refractivity contribution in [1.82, 2.24) is 4.98 Å². The van der Waals surface area contributed by atoms with Gasteiger partial charge in [-0.05, 0) is 50.5 Å². The van der Waals surface area contributed by atoms with E-state index in [1.807, 2.05) is 38.2 Å². The lowest BCUT2D eigenvalue weighted by Gasteiger charge is -2.23. The number of aryl methyl sites for hydroxylation is 2. The van der Waals surface area contributed by atoms with Gasteiger partial charge in [0.2, 0.25) is 0 Å². The predicted octanol–water partition coefficient (Wildman–Crippen LogP) is 4.20. The van der Waals surface area contributed by atoms with E-state index in [-0.39, 0.29) is 0 Å². The van der Waals surface area contributed by atoms with Gasteiger partial charge in [0.15, 0.2) is 0 Å². The Hall–Kier alpha value is -2.40. The van der Waals surface area contributed by atoms with Crippen LogP contribution in [0.3, 0.4) is 0 Å². The van der Waals surface area contributed by atoms with Gasteiger partial charge in [-0.3, -0.25) is 10.3 Å². The number of hydrogen-bond acceptors (Lipinski definition) is 4. The first-order valence-corrected chi connectivity index (χ1v) is 8.21. The van der Waals surface area contributed by atoms with Crippen molar-refractivity contribution in [2.24, 2.45) is 0 Å². The monoisotopic (exact) mass is 326 g/mol. The van der Waals surface area contributed by atoms with Crippen LogP contribution in [-0.4, -0.2) is 24.3 Å². The maximum Gasteiger partial charge on any atom is 0.417 e. The lowest BCUT2D eigenvalue weighted by atomic mass is 9.94. The maximum absolute atomic E-state index is 12.2. The van der Waals surface area contributed by atoms with Crippen LogP contribution >= 0.6 is 0 Å². The van der Waals surface area contributed by atoms with E-state index in [1.54, 1.807) is 12.1 Å². The van der Waals surface area contributed by atoms with Gasteiger partial charge < -0.3 is 9.47 Å². The summed E-state index contributed by atoms with van der Waals surface area (Å²) in [6.45, 7) is 5.40. The summed E-state index contributed by atoms with van der Waals surface area (Å²) in [5.74, 6) is 0.820. The number of ether oxygens (including phenoxy) is 2. The van der Waals surface area contributed by atoms with E-state index >= 15 is 0 Å². The highest BCUT2D eigenvalue weighted by Gasteiger charge is 2.21. The number of aromatic nitrogens is 1. The van der Waals surface area contributed by atoms with Crippen molar-refractivity contribution in [3.63, 3.8) is 0 Å². The lowest BCUT2D eigenvalue weighted by molar-refractivity contribution is 0.0846. The zero-order valence-electron chi connectivity index (χ0n) is 14.0. The number of amides is 1. The Bertz CT molecular complexity index is 707. The molecule has 2 heterocycles. The van der Waals surface area contributed by atoms with Crippen molar-refractivity contribution < 1.29 is 14.3 Å². The fourth-order valence-electron chi connectivity index (χ4n) is 2.83. The summed E-state index contributed by atoms with van der Waals surface area (Å²) in [4.78, 5) is 16.8. The fourth-order valence-corrected chi connectivity index (χ4v) is 2.83. The molecule has 1 aromatic heterocycles. The van der Waals surface area contributed by atoms with Crippen molar-refractivity contribution in [2.75, 3.05) is 18.5 Å². The number of nitrogens with one attached hydrogen (secondary N) is 1. The molecule has 0 spiro atoms. The molecule has 2 aromatic rings. The Balaban J connectivity index is 1.74. The highest BCUT2D eigenvalue weighted by atomic mass is 16.6. The zero-order valence-corrected chi connectivity index (χ0v) is 14.0. The standard InChI is InChI=1S/C19H22N2O3/c1-13-3-5-16(6-4-13)24-19(22)21-17-11-14(2)12-20-18(17)15-7-9-23-10-8-15/h3-6,11-12,15H,7-10H2,1-2H3,(H,21,22). The third-order valence-corrected chi connectivity index (χ3v) is 4.13. The van der Waals surface area contributed by atoms with Crippen molar-refractivity contribution in [1.29, 1.82) is 0 Å². The molecule has 1 amide bonds. The van der Waals surface area contributed by atoms with Crippen LogP contribution in [0.5, 0.6) is 5.75 Å². The summed E-state index contributed by atoms with van der Waals surface area (Å²) in [6.07, 6.45) is 3.16. The highest BCUT2D eigenvalue weighted by Crippen LogP contribution is 2.31. The van der Waals surface area contributed by atoms with E-state index in [4.69, 9.17) is 9.47 Å². The van der Waals surface area contributed by atoms with Gasteiger partial charge in [-0.2, -0.15) is 0 Å². The van der Waals surface area contributed by atoms with Crippen LogP contribution in [-0.2, 0) is 4.74 Å². The predicted molar refractivity (Wildman–Crippen MR) is 92.6 cm³/mol. The number of anilines is 1. The quantitative estimate of drug-likeness (QED) is 0.918. The molecule has 126 valence electrons. The SMILES string of the molecule is Cc1ccc(OC(=O)Nc2cc(C)cnc2C2CCOCC2)cc1. The van der Waals surface area contributed by atoms with Crippen LogP contribution < -0.4 is 10.1 Å². The zero-order chi connectivity index (χ0) is 16.9. The second-order valence-corrected chi connectivity index (χ2v) is 6.16. The minimum Gasteiger partial charge on any atom is -0.410 e. The van der Waals surface area contributed by atoms with Gasteiger partial charge in [0.1, 0.15) is 5.75 Å². The van der Waals surface area contributed by atoms with Gasteiger partial charge >= 0.3 is 6.09 Å². The second kappa shape index (κ2) is 7.45. The molecule has 1 aliphatic rings. The molecule has 5 heteroatoms. The minimum absolute atomic E-state index is 0.300. The van der Waals surface area contributed by atoms with Gasteiger partial charge in [0.05, 0.1) is 11.4 Å². The normalized spacial score (nSPS) is 15.1. The molecule has 24 heavy (non-hydrogen) atoms. The number of benzene rings is 1. The first-order chi connectivity index (χ1) is 11.6. The van der Waals surface area contributed by atoms with Crippen molar-refractivity contribution in [3.8, 4) is 5.75 Å². The van der Waals surface area contributed by atoms with Crippen LogP contribution in [0.15, 0.2) is 36.5 Å². The summed E-state index contributed by atoms with van der Waals surface area (Å²) in [5.41, 5.74) is 3.74. The second-order valence-electron chi connectivity index (χ2n) is 6.16. The number of carbonyl (C=O) groups is 1. The number of pyridine rings is 1. The van der Waals surface area contributed by atoms with E-state index in [0.29, 0.717) is 11.7 Å². The molecule has 5 nitrogen and oxygen atoms in total. The molecule has 1 N–H and O–H groups in total. The molecule has 0 atom stereocenters. The molecule has 0 radical (unpaired) electrons. The van der Waals surface area contributed by atoms with Gasteiger partial charge in [-0.25, -0.2) is 4.79 Å². The molecule has 1 saturated heterocycles. The Kier molecular flexibility index (Phi) is 5.11. The summed E-state index contributed by atoms with van der Waals surface area (Å²) >= 11 is 0. The van der Waals surface area contributed by atoms with Crippen LogP contribution in [0, 0.1) is 13.8 Å². The van der Waals surface area contributed by atoms with Crippen LogP contribution in [0.1, 0.15) is 35.6 Å². The molecular formula is C19H22N2O3. The topological polar surface area (TPSA) is 60.5 Å². The van der Waals surface area contributed by atoms with Gasteiger partial charge in [-0.1, -0.05) is 17.7 Å². The molecule has 3 rings (SSSR count). The molecule has 0 bridgehead atoms. The molecule has 0 aliphatic carbocycles. The average molecular weight is 326 g/mol. The van der Waals surface area contributed by atoms with E-state index in [0.717, 1.165) is 48.6 Å². The Morgan fingerprint density at radius 2 is 1.88 bits per heavy atom. The molecule has 1 fully saturated rings. The summed E-state index contributed by atoms with van der Waals surface area (Å²) in [5, 5.41) is 2.85. The van der Waals surface area contributed by atoms with Crippen molar-refractivity contribution in [3.05, 3.63) is 53.3 Å². The highest BCUT2D eigenvalue weighted by molar-refractivity contribution is 5.87. The smallest absolute Gasteiger partial charge is 0.410 e. The first kappa shape index (κ1) is 16.5. The number of rotatable bonds is 3. The minimum atomic E-state index is -0.500. The molecule has 1 aliphatic heterocycles. The van der Waals surface area contributed by atoms with Gasteiger partial charge in [-0.15, -0.1) is 0 Å². The van der Waals surface area contributed by atoms with E-state index in [9.17, 15) is 4.79 Å². The van der Waals surface area contributed by atoms with Crippen LogP contribution in [0.25, 0.3) is 0 Å². The number of hydrogen-bond donors (Lipinski definition) is 1. The lowest BCUT2D eigenvalue weighted by Crippen LogP contribution is -2.21. The van der Waals surface area contributed by atoms with Crippen LogP contribution in [0.4, 0.5) is 10.5 Å². The summed E-state index contributed by atoms with van der Waals surface area (Å²) < 4.78 is 10.8. The Morgan fingerprint density at radius 3 is 2.58 bits per heavy atom. The first-order valence-electron chi connectivity index (χ1n) is 8.21. The fraction of sp³-hybridized carbons (Fsp3) is 0.368. The summed E-state index contributed by atoms with van der Waals surface area (Å²) in [7, 11) is 0. The van der Waals surface area contributed by atoms with Gasteiger partial charge in [0.25, 0.3) is 0 Å². The number of nitrogens with zero attached hydrogens (tertiary/aromatic N) is 1. The largest absolute Gasteiger partial charge is 0.417 e. The Labute approximate surface area is 142 Å². The third-order valence-electron chi connectivity index (χ3n) is 4.13. The average Bonchev–Trinajstić information content (AvgIpc) is 2.58. The van der Waals surface area contributed by atoms with Crippen molar-refractivity contribution in [2.45, 2.75) is 32.6 Å².